The van der Waals surface area contributed by atoms with Gasteiger partial charge in [0.2, 0.25) is 5.91 Å². The molecule has 20 heavy (non-hydrogen) atoms. The average Bonchev–Trinajstić information content (AvgIpc) is 3.18. The fourth-order valence-corrected chi connectivity index (χ4v) is 2.77. The van der Waals surface area contributed by atoms with Crippen LogP contribution in [0.15, 0.2) is 30.3 Å². The van der Waals surface area contributed by atoms with Gasteiger partial charge in [0.25, 0.3) is 0 Å². The van der Waals surface area contributed by atoms with Crippen LogP contribution in [0.3, 0.4) is 0 Å². The van der Waals surface area contributed by atoms with Gasteiger partial charge in [-0.2, -0.15) is 0 Å². The first-order chi connectivity index (χ1) is 9.79. The Hall–Kier alpha value is -1.35. The largest absolute Gasteiger partial charge is 0.352 e. The Balaban J connectivity index is 1.55. The van der Waals surface area contributed by atoms with Crippen molar-refractivity contribution in [1.82, 2.24) is 10.2 Å². The van der Waals surface area contributed by atoms with Gasteiger partial charge in [-0.15, -0.1) is 0 Å². The normalized spacial score (nSPS) is 18.9. The van der Waals surface area contributed by atoms with Crippen LogP contribution < -0.4 is 5.32 Å². The van der Waals surface area contributed by atoms with E-state index in [2.05, 4.69) is 34.5 Å². The predicted octanol–water partition coefficient (Wildman–Crippen LogP) is 2.57. The monoisotopic (exact) mass is 272 g/mol. The molecule has 0 radical (unpaired) electrons. The maximum Gasteiger partial charge on any atom is 0.234 e. The highest BCUT2D eigenvalue weighted by molar-refractivity contribution is 5.78. The van der Waals surface area contributed by atoms with Gasteiger partial charge in [-0.05, 0) is 37.2 Å². The van der Waals surface area contributed by atoms with Crippen LogP contribution in [0.2, 0.25) is 0 Å². The van der Waals surface area contributed by atoms with Crippen LogP contribution in [0.25, 0.3) is 0 Å². The summed E-state index contributed by atoms with van der Waals surface area (Å²) in [6, 6.07) is 10.9. The third kappa shape index (κ3) is 4.07. The van der Waals surface area contributed by atoms with E-state index < -0.39 is 0 Å². The molecule has 0 bridgehead atoms. The van der Waals surface area contributed by atoms with E-state index in [9.17, 15) is 4.79 Å². The summed E-state index contributed by atoms with van der Waals surface area (Å²) in [4.78, 5) is 14.3. The van der Waals surface area contributed by atoms with E-state index in [1.807, 2.05) is 6.07 Å². The second-order valence-corrected chi connectivity index (χ2v) is 6.29. The number of nitrogens with zero attached hydrogens (tertiary/aromatic N) is 1. The summed E-state index contributed by atoms with van der Waals surface area (Å²) in [5.74, 6) is 0.996. The van der Waals surface area contributed by atoms with Gasteiger partial charge in [0, 0.05) is 19.1 Å². The molecule has 1 aromatic carbocycles. The highest BCUT2D eigenvalue weighted by atomic mass is 16.2. The summed E-state index contributed by atoms with van der Waals surface area (Å²) < 4.78 is 0. The van der Waals surface area contributed by atoms with Gasteiger partial charge in [-0.1, -0.05) is 36.8 Å². The lowest BCUT2D eigenvalue weighted by molar-refractivity contribution is -0.122. The smallest absolute Gasteiger partial charge is 0.234 e. The zero-order chi connectivity index (χ0) is 13.8. The van der Waals surface area contributed by atoms with Crippen molar-refractivity contribution in [3.05, 3.63) is 35.9 Å². The summed E-state index contributed by atoms with van der Waals surface area (Å²) in [6.45, 7) is 2.49. The first-order valence-electron chi connectivity index (χ1n) is 7.85. The summed E-state index contributed by atoms with van der Waals surface area (Å²) in [5.41, 5.74) is 1.30. The second kappa shape index (κ2) is 6.40. The van der Waals surface area contributed by atoms with Crippen molar-refractivity contribution in [2.75, 3.05) is 13.1 Å². The van der Waals surface area contributed by atoms with E-state index in [1.54, 1.807) is 0 Å². The summed E-state index contributed by atoms with van der Waals surface area (Å²) in [6.07, 6.45) is 6.34. The Kier molecular flexibility index (Phi) is 4.36. The molecule has 0 unspecified atom stereocenters. The average molecular weight is 272 g/mol. The minimum absolute atomic E-state index is 0.197. The minimum atomic E-state index is 0.197. The standard InChI is InChI=1S/C17H24N2O/c20-17(18-16-9-10-16)13-19(12-15-7-4-8-15)11-14-5-2-1-3-6-14/h1-3,5-6,15-16H,4,7-13H2,(H,18,20). The molecule has 0 aromatic heterocycles. The summed E-state index contributed by atoms with van der Waals surface area (Å²) in [5, 5.41) is 3.10. The molecule has 3 rings (SSSR count). The van der Waals surface area contributed by atoms with Gasteiger partial charge in [0.05, 0.1) is 6.54 Å². The Morgan fingerprint density at radius 1 is 1.15 bits per heavy atom. The molecule has 1 amide bonds. The molecule has 2 aliphatic rings. The summed E-state index contributed by atoms with van der Waals surface area (Å²) >= 11 is 0. The van der Waals surface area contributed by atoms with Gasteiger partial charge in [0.15, 0.2) is 0 Å². The minimum Gasteiger partial charge on any atom is -0.352 e. The molecule has 2 fully saturated rings. The number of benzene rings is 1. The molecule has 1 aromatic rings. The molecular formula is C17H24N2O. The Morgan fingerprint density at radius 2 is 1.90 bits per heavy atom. The van der Waals surface area contributed by atoms with Crippen LogP contribution in [0, 0.1) is 5.92 Å². The zero-order valence-corrected chi connectivity index (χ0v) is 12.1. The van der Waals surface area contributed by atoms with Crippen molar-refractivity contribution >= 4 is 5.91 Å². The van der Waals surface area contributed by atoms with E-state index in [0.717, 1.165) is 31.8 Å². The van der Waals surface area contributed by atoms with Crippen LogP contribution >= 0.6 is 0 Å². The zero-order valence-electron chi connectivity index (χ0n) is 12.1. The number of rotatable bonds is 7. The highest BCUT2D eigenvalue weighted by Crippen LogP contribution is 2.27. The molecule has 3 nitrogen and oxygen atoms in total. The van der Waals surface area contributed by atoms with Gasteiger partial charge in [-0.3, -0.25) is 9.69 Å². The van der Waals surface area contributed by atoms with Crippen LogP contribution in [-0.4, -0.2) is 29.9 Å². The maximum atomic E-state index is 12.0. The second-order valence-electron chi connectivity index (χ2n) is 6.29. The third-order valence-corrected chi connectivity index (χ3v) is 4.30. The van der Waals surface area contributed by atoms with Gasteiger partial charge >= 0.3 is 0 Å². The molecule has 108 valence electrons. The number of hydrogen-bond donors (Lipinski definition) is 1. The van der Waals surface area contributed by atoms with Gasteiger partial charge < -0.3 is 5.32 Å². The molecule has 3 heteroatoms. The fraction of sp³-hybridized carbons (Fsp3) is 0.588. The number of carbonyl (C=O) groups excluding carboxylic acids is 1. The van der Waals surface area contributed by atoms with E-state index >= 15 is 0 Å². The fourth-order valence-electron chi connectivity index (χ4n) is 2.77. The molecule has 0 saturated heterocycles. The van der Waals surface area contributed by atoms with Crippen LogP contribution in [0.4, 0.5) is 0 Å². The third-order valence-electron chi connectivity index (χ3n) is 4.30. The van der Waals surface area contributed by atoms with Crippen LogP contribution in [0.1, 0.15) is 37.7 Å². The Bertz CT molecular complexity index is 438. The lowest BCUT2D eigenvalue weighted by Gasteiger charge is -2.32. The lowest BCUT2D eigenvalue weighted by atomic mass is 9.85. The van der Waals surface area contributed by atoms with E-state index in [-0.39, 0.29) is 5.91 Å². The first-order valence-corrected chi connectivity index (χ1v) is 7.85. The molecule has 0 aliphatic heterocycles. The SMILES string of the molecule is O=C(CN(Cc1ccccc1)CC1CCC1)NC1CC1. The summed E-state index contributed by atoms with van der Waals surface area (Å²) in [7, 11) is 0. The maximum absolute atomic E-state index is 12.0. The predicted molar refractivity (Wildman–Crippen MR) is 80.2 cm³/mol. The van der Waals surface area contributed by atoms with Crippen molar-refractivity contribution in [2.45, 2.75) is 44.7 Å². The van der Waals surface area contributed by atoms with Crippen molar-refractivity contribution in [2.24, 2.45) is 5.92 Å². The Morgan fingerprint density at radius 3 is 2.50 bits per heavy atom. The molecule has 0 atom stereocenters. The molecule has 2 aliphatic carbocycles. The molecular weight excluding hydrogens is 248 g/mol. The quantitative estimate of drug-likeness (QED) is 0.827. The van der Waals surface area contributed by atoms with Crippen molar-refractivity contribution < 1.29 is 4.79 Å². The van der Waals surface area contributed by atoms with E-state index in [1.165, 1.54) is 24.8 Å². The molecule has 0 spiro atoms. The van der Waals surface area contributed by atoms with Crippen molar-refractivity contribution in [1.29, 1.82) is 0 Å². The first kappa shape index (κ1) is 13.6. The van der Waals surface area contributed by atoms with Crippen molar-refractivity contribution in [3.63, 3.8) is 0 Å². The van der Waals surface area contributed by atoms with Crippen LogP contribution in [-0.2, 0) is 11.3 Å². The number of amides is 1. The number of hydrogen-bond acceptors (Lipinski definition) is 2. The topological polar surface area (TPSA) is 32.3 Å². The molecule has 0 heterocycles. The van der Waals surface area contributed by atoms with Gasteiger partial charge in [0.1, 0.15) is 0 Å². The lowest BCUT2D eigenvalue weighted by Crippen LogP contribution is -2.41. The molecule has 1 N–H and O–H groups in total. The number of nitrogens with one attached hydrogen (secondary N) is 1. The Labute approximate surface area is 121 Å². The highest BCUT2D eigenvalue weighted by Gasteiger charge is 2.26. The van der Waals surface area contributed by atoms with Gasteiger partial charge in [-0.25, -0.2) is 0 Å². The van der Waals surface area contributed by atoms with E-state index in [4.69, 9.17) is 0 Å². The molecule has 2 saturated carbocycles. The van der Waals surface area contributed by atoms with E-state index in [0.29, 0.717) is 12.6 Å². The number of carbonyl (C=O) groups is 1. The van der Waals surface area contributed by atoms with Crippen LogP contribution in [0.5, 0.6) is 0 Å². The van der Waals surface area contributed by atoms with Crippen molar-refractivity contribution in [3.8, 4) is 0 Å².